The number of benzene rings is 4. The number of rotatable bonds is 12. The molecule has 4 aromatic carbocycles. The molecule has 1 aliphatic rings. The van der Waals surface area contributed by atoms with Gasteiger partial charge in [0.2, 0.25) is 11.8 Å². The van der Waals surface area contributed by atoms with Crippen molar-refractivity contribution in [2.45, 2.75) is 55.6 Å². The van der Waals surface area contributed by atoms with E-state index in [1.165, 1.54) is 29.2 Å². The van der Waals surface area contributed by atoms with Crippen molar-refractivity contribution < 1.29 is 22.4 Å². The molecule has 0 unspecified atom stereocenters. The molecule has 1 aliphatic carbocycles. The number of amides is 2. The summed E-state index contributed by atoms with van der Waals surface area (Å²) in [4.78, 5) is 30.0. The molecule has 234 valence electrons. The summed E-state index contributed by atoms with van der Waals surface area (Å²) in [5.74, 6) is -1.27. The van der Waals surface area contributed by atoms with E-state index < -0.39 is 34.3 Å². The van der Waals surface area contributed by atoms with Gasteiger partial charge in [0.1, 0.15) is 18.4 Å². The predicted molar refractivity (Wildman–Crippen MR) is 181 cm³/mol. The summed E-state index contributed by atoms with van der Waals surface area (Å²) in [5, 5.41) is 3.15. The minimum absolute atomic E-state index is 0.0133. The van der Waals surface area contributed by atoms with Crippen molar-refractivity contribution in [1.82, 2.24) is 10.2 Å². The second-order valence-corrected chi connectivity index (χ2v) is 14.3. The molecular weight excluding hydrogens is 704 g/mol. The minimum Gasteiger partial charge on any atom is -0.352 e. The molecule has 0 aliphatic heterocycles. The van der Waals surface area contributed by atoms with Crippen LogP contribution in [-0.4, -0.2) is 43.8 Å². The van der Waals surface area contributed by atoms with E-state index in [0.29, 0.717) is 11.3 Å². The number of hydrogen-bond acceptors (Lipinski definition) is 4. The van der Waals surface area contributed by atoms with Crippen molar-refractivity contribution in [3.8, 4) is 0 Å². The fraction of sp³-hybridized carbons (Fsp3) is 0.257. The van der Waals surface area contributed by atoms with Crippen LogP contribution in [-0.2, 0) is 32.6 Å². The maximum Gasteiger partial charge on any atom is 0.264 e. The van der Waals surface area contributed by atoms with Crippen LogP contribution in [0.15, 0.2) is 114 Å². The highest BCUT2D eigenvalue weighted by molar-refractivity contribution is 14.1. The van der Waals surface area contributed by atoms with Gasteiger partial charge in [-0.15, -0.1) is 0 Å². The van der Waals surface area contributed by atoms with E-state index in [9.17, 15) is 22.4 Å². The number of anilines is 1. The summed E-state index contributed by atoms with van der Waals surface area (Å²) in [6.07, 6.45) is 4.00. The van der Waals surface area contributed by atoms with Crippen molar-refractivity contribution in [3.05, 3.63) is 130 Å². The molecule has 4 aromatic rings. The van der Waals surface area contributed by atoms with Crippen LogP contribution in [0.2, 0.25) is 0 Å². The van der Waals surface area contributed by atoms with Gasteiger partial charge in [0, 0.05) is 22.6 Å². The fourth-order valence-corrected chi connectivity index (χ4v) is 7.36. The number of hydrogen-bond donors (Lipinski definition) is 1. The molecule has 0 heterocycles. The van der Waals surface area contributed by atoms with Crippen LogP contribution in [0.5, 0.6) is 0 Å². The Hall–Kier alpha value is -3.77. The van der Waals surface area contributed by atoms with Gasteiger partial charge in [0.25, 0.3) is 10.0 Å². The van der Waals surface area contributed by atoms with Crippen LogP contribution < -0.4 is 9.62 Å². The topological polar surface area (TPSA) is 86.8 Å². The summed E-state index contributed by atoms with van der Waals surface area (Å²) >= 11 is 2.14. The standard InChI is InChI=1S/C35H35FIN3O4S/c36-28-17-15-27(16-18-28)24-39(33(23-26-9-3-1-4-10-26)35(42)38-30-11-7-8-12-30)34(41)25-40(31-21-19-29(37)20-22-31)45(43,44)32-13-5-2-6-14-32/h1-6,9-10,13-22,30,33H,7-8,11-12,23-25H2,(H,38,42)/t33-/m0/s1. The fourth-order valence-electron chi connectivity index (χ4n) is 5.56. The Bertz CT molecular complexity index is 1680. The summed E-state index contributed by atoms with van der Waals surface area (Å²) in [6, 6.07) is 29.1. The van der Waals surface area contributed by atoms with Crippen LogP contribution in [0.25, 0.3) is 0 Å². The van der Waals surface area contributed by atoms with Crippen LogP contribution >= 0.6 is 22.6 Å². The zero-order chi connectivity index (χ0) is 31.8. The van der Waals surface area contributed by atoms with Crippen molar-refractivity contribution in [1.29, 1.82) is 0 Å². The largest absolute Gasteiger partial charge is 0.352 e. The average molecular weight is 740 g/mol. The molecule has 7 nitrogen and oxygen atoms in total. The normalized spacial score (nSPS) is 14.1. The van der Waals surface area contributed by atoms with Gasteiger partial charge in [-0.1, -0.05) is 73.5 Å². The maximum atomic E-state index is 14.5. The number of carbonyl (C=O) groups is 2. The molecule has 0 bridgehead atoms. The van der Waals surface area contributed by atoms with Crippen LogP contribution in [0, 0.1) is 9.39 Å². The van der Waals surface area contributed by atoms with Gasteiger partial charge in [-0.2, -0.15) is 0 Å². The van der Waals surface area contributed by atoms with Gasteiger partial charge in [-0.05, 0) is 95.1 Å². The number of sulfonamides is 1. The lowest BCUT2D eigenvalue weighted by Crippen LogP contribution is -2.54. The predicted octanol–water partition coefficient (Wildman–Crippen LogP) is 6.32. The Kier molecular flexibility index (Phi) is 10.9. The average Bonchev–Trinajstić information content (AvgIpc) is 3.57. The van der Waals surface area contributed by atoms with Crippen molar-refractivity contribution in [3.63, 3.8) is 0 Å². The first kappa shape index (κ1) is 32.6. The Labute approximate surface area is 277 Å². The van der Waals surface area contributed by atoms with E-state index in [4.69, 9.17) is 0 Å². The molecule has 1 N–H and O–H groups in total. The number of halogens is 2. The Morgan fingerprint density at radius 1 is 0.822 bits per heavy atom. The van der Waals surface area contributed by atoms with E-state index in [0.717, 1.165) is 39.1 Å². The molecule has 45 heavy (non-hydrogen) atoms. The Morgan fingerprint density at radius 3 is 2.04 bits per heavy atom. The molecule has 0 radical (unpaired) electrons. The van der Waals surface area contributed by atoms with Gasteiger partial charge in [-0.3, -0.25) is 13.9 Å². The van der Waals surface area contributed by atoms with Crippen LogP contribution in [0.4, 0.5) is 10.1 Å². The van der Waals surface area contributed by atoms with E-state index >= 15 is 0 Å². The first-order valence-electron chi connectivity index (χ1n) is 14.9. The van der Waals surface area contributed by atoms with Crippen molar-refractivity contribution in [2.24, 2.45) is 0 Å². The summed E-state index contributed by atoms with van der Waals surface area (Å²) in [7, 11) is -4.16. The highest BCUT2D eigenvalue weighted by Gasteiger charge is 2.35. The summed E-state index contributed by atoms with van der Waals surface area (Å²) < 4.78 is 43.9. The Balaban J connectivity index is 1.55. The molecule has 0 aromatic heterocycles. The molecule has 5 rings (SSSR count). The second kappa shape index (κ2) is 15.0. The third-order valence-electron chi connectivity index (χ3n) is 7.96. The van der Waals surface area contributed by atoms with E-state index in [-0.39, 0.29) is 29.8 Å². The highest BCUT2D eigenvalue weighted by Crippen LogP contribution is 2.26. The van der Waals surface area contributed by atoms with Crippen molar-refractivity contribution >= 4 is 50.1 Å². The van der Waals surface area contributed by atoms with E-state index in [1.54, 1.807) is 54.6 Å². The molecule has 1 saturated carbocycles. The molecule has 10 heteroatoms. The number of nitrogens with zero attached hydrogens (tertiary/aromatic N) is 2. The smallest absolute Gasteiger partial charge is 0.264 e. The van der Waals surface area contributed by atoms with Gasteiger partial charge < -0.3 is 10.2 Å². The molecule has 0 saturated heterocycles. The first-order chi connectivity index (χ1) is 21.7. The lowest BCUT2D eigenvalue weighted by Gasteiger charge is -2.34. The minimum atomic E-state index is -4.16. The summed E-state index contributed by atoms with van der Waals surface area (Å²) in [6.45, 7) is -0.554. The molecule has 2 amide bonds. The number of nitrogens with one attached hydrogen (secondary N) is 1. The van der Waals surface area contributed by atoms with Gasteiger partial charge in [0.05, 0.1) is 10.6 Å². The monoisotopic (exact) mass is 739 g/mol. The SMILES string of the molecule is O=C(NC1CCCC1)[C@H](Cc1ccccc1)N(Cc1ccc(F)cc1)C(=O)CN(c1ccc(I)cc1)S(=O)(=O)c1ccccc1. The lowest BCUT2D eigenvalue weighted by molar-refractivity contribution is -0.140. The van der Waals surface area contributed by atoms with E-state index in [1.807, 2.05) is 30.3 Å². The molecule has 0 spiro atoms. The Morgan fingerprint density at radius 2 is 1.42 bits per heavy atom. The maximum absolute atomic E-state index is 14.5. The first-order valence-corrected chi connectivity index (χ1v) is 17.4. The molecule has 1 fully saturated rings. The quantitative estimate of drug-likeness (QED) is 0.172. The van der Waals surface area contributed by atoms with Crippen molar-refractivity contribution in [2.75, 3.05) is 10.8 Å². The van der Waals surface area contributed by atoms with Gasteiger partial charge in [-0.25, -0.2) is 12.8 Å². The van der Waals surface area contributed by atoms with Gasteiger partial charge >= 0.3 is 0 Å². The second-order valence-electron chi connectivity index (χ2n) is 11.1. The van der Waals surface area contributed by atoms with E-state index in [2.05, 4.69) is 27.9 Å². The summed E-state index contributed by atoms with van der Waals surface area (Å²) in [5.41, 5.74) is 1.79. The molecular formula is C35H35FIN3O4S. The highest BCUT2D eigenvalue weighted by atomic mass is 127. The zero-order valence-corrected chi connectivity index (χ0v) is 27.7. The number of carbonyl (C=O) groups excluding carboxylic acids is 2. The third kappa shape index (κ3) is 8.49. The van der Waals surface area contributed by atoms with Crippen LogP contribution in [0.1, 0.15) is 36.8 Å². The lowest BCUT2D eigenvalue weighted by atomic mass is 10.0. The third-order valence-corrected chi connectivity index (χ3v) is 10.5. The molecule has 1 atom stereocenters. The van der Waals surface area contributed by atoms with Gasteiger partial charge in [0.15, 0.2) is 0 Å². The zero-order valence-electron chi connectivity index (χ0n) is 24.7. The van der Waals surface area contributed by atoms with Crippen LogP contribution in [0.3, 0.4) is 0 Å².